The molecule has 144 valence electrons. The van der Waals surface area contributed by atoms with E-state index in [1.807, 2.05) is 59.5 Å². The average molecular weight is 397 g/mol. The number of rotatable bonds is 5. The maximum absolute atomic E-state index is 12.6. The van der Waals surface area contributed by atoms with Crippen molar-refractivity contribution in [3.8, 4) is 11.3 Å². The van der Waals surface area contributed by atoms with Gasteiger partial charge in [0.1, 0.15) is 6.10 Å². The number of carbonyl (C=O) groups excluding carboxylic acids is 1. The molecular formula is C22H21ClN2O3. The standard InChI is InChI=1S/C22H21ClN2O3/c23-18-8-6-17(7-9-18)19-14-24-21(28-19)10-11-22(26)25-12-13-27-20(15-25)16-4-2-1-3-5-16/h1-9,14,20H,10-13,15H2. The van der Waals surface area contributed by atoms with Crippen LogP contribution in [0.4, 0.5) is 0 Å². The highest BCUT2D eigenvalue weighted by Crippen LogP contribution is 2.24. The smallest absolute Gasteiger partial charge is 0.223 e. The van der Waals surface area contributed by atoms with Crippen LogP contribution in [0.25, 0.3) is 11.3 Å². The van der Waals surface area contributed by atoms with Crippen LogP contribution >= 0.6 is 11.6 Å². The molecule has 1 fully saturated rings. The van der Waals surface area contributed by atoms with Crippen molar-refractivity contribution < 1.29 is 13.9 Å². The van der Waals surface area contributed by atoms with Crippen molar-refractivity contribution in [1.29, 1.82) is 0 Å². The van der Waals surface area contributed by atoms with E-state index in [2.05, 4.69) is 4.98 Å². The van der Waals surface area contributed by atoms with Crippen LogP contribution in [-0.4, -0.2) is 35.5 Å². The fraction of sp³-hybridized carbons (Fsp3) is 0.273. The molecule has 0 aliphatic carbocycles. The summed E-state index contributed by atoms with van der Waals surface area (Å²) in [5, 5.41) is 0.674. The summed E-state index contributed by atoms with van der Waals surface area (Å²) in [6.45, 7) is 1.74. The van der Waals surface area contributed by atoms with E-state index in [9.17, 15) is 4.79 Å². The molecule has 0 N–H and O–H groups in total. The van der Waals surface area contributed by atoms with Gasteiger partial charge in [0.25, 0.3) is 0 Å². The number of hydrogen-bond acceptors (Lipinski definition) is 4. The minimum Gasteiger partial charge on any atom is -0.441 e. The molecule has 5 nitrogen and oxygen atoms in total. The van der Waals surface area contributed by atoms with E-state index in [1.54, 1.807) is 6.20 Å². The number of benzene rings is 2. The van der Waals surface area contributed by atoms with Gasteiger partial charge in [0.05, 0.1) is 19.3 Å². The Morgan fingerprint density at radius 1 is 1.14 bits per heavy atom. The Kier molecular flexibility index (Phi) is 5.74. The number of nitrogens with zero attached hydrogens (tertiary/aromatic N) is 2. The van der Waals surface area contributed by atoms with Gasteiger partial charge in [-0.2, -0.15) is 0 Å². The number of ether oxygens (including phenoxy) is 1. The summed E-state index contributed by atoms with van der Waals surface area (Å²) in [5.41, 5.74) is 2.01. The molecule has 4 rings (SSSR count). The van der Waals surface area contributed by atoms with Crippen LogP contribution < -0.4 is 0 Å². The van der Waals surface area contributed by atoms with E-state index in [1.165, 1.54) is 0 Å². The number of oxazole rings is 1. The second kappa shape index (κ2) is 8.59. The molecule has 0 radical (unpaired) electrons. The summed E-state index contributed by atoms with van der Waals surface area (Å²) < 4.78 is 11.6. The van der Waals surface area contributed by atoms with E-state index in [4.69, 9.17) is 20.8 Å². The molecule has 1 aromatic heterocycles. The van der Waals surface area contributed by atoms with Crippen molar-refractivity contribution in [2.45, 2.75) is 18.9 Å². The van der Waals surface area contributed by atoms with Gasteiger partial charge in [0.15, 0.2) is 11.7 Å². The molecular weight excluding hydrogens is 376 g/mol. The summed E-state index contributed by atoms with van der Waals surface area (Å²) in [6.07, 6.45) is 2.45. The van der Waals surface area contributed by atoms with Gasteiger partial charge in [-0.3, -0.25) is 4.79 Å². The zero-order valence-corrected chi connectivity index (χ0v) is 16.1. The third-order valence-corrected chi connectivity index (χ3v) is 5.08. The molecule has 3 aromatic rings. The van der Waals surface area contributed by atoms with Crippen LogP contribution in [0.5, 0.6) is 0 Å². The average Bonchev–Trinajstić information content (AvgIpc) is 3.22. The fourth-order valence-corrected chi connectivity index (χ4v) is 3.42. The molecule has 1 amide bonds. The number of halogens is 1. The second-order valence-electron chi connectivity index (χ2n) is 6.74. The minimum atomic E-state index is -0.0721. The van der Waals surface area contributed by atoms with Gasteiger partial charge in [0, 0.05) is 30.0 Å². The Bertz CT molecular complexity index is 924. The summed E-state index contributed by atoms with van der Waals surface area (Å²) >= 11 is 5.91. The topological polar surface area (TPSA) is 55.6 Å². The van der Waals surface area contributed by atoms with Crippen LogP contribution in [0, 0.1) is 0 Å². The Balaban J connectivity index is 1.33. The first-order valence-corrected chi connectivity index (χ1v) is 9.72. The van der Waals surface area contributed by atoms with Crippen LogP contribution in [0.2, 0.25) is 5.02 Å². The van der Waals surface area contributed by atoms with Gasteiger partial charge >= 0.3 is 0 Å². The Morgan fingerprint density at radius 2 is 1.93 bits per heavy atom. The quantitative estimate of drug-likeness (QED) is 0.635. The molecule has 28 heavy (non-hydrogen) atoms. The maximum atomic E-state index is 12.6. The van der Waals surface area contributed by atoms with Crippen molar-refractivity contribution in [2.75, 3.05) is 19.7 Å². The highest BCUT2D eigenvalue weighted by atomic mass is 35.5. The number of hydrogen-bond donors (Lipinski definition) is 0. The van der Waals surface area contributed by atoms with Gasteiger partial charge in [-0.15, -0.1) is 0 Å². The van der Waals surface area contributed by atoms with Crippen molar-refractivity contribution in [3.63, 3.8) is 0 Å². The molecule has 2 aromatic carbocycles. The zero-order chi connectivity index (χ0) is 19.3. The number of amides is 1. The molecule has 6 heteroatoms. The Morgan fingerprint density at radius 3 is 2.71 bits per heavy atom. The van der Waals surface area contributed by atoms with Crippen LogP contribution in [0.15, 0.2) is 65.2 Å². The van der Waals surface area contributed by atoms with Crippen LogP contribution in [-0.2, 0) is 16.0 Å². The minimum absolute atomic E-state index is 0.0721. The molecule has 1 aliphatic rings. The summed E-state index contributed by atoms with van der Waals surface area (Å²) in [5.74, 6) is 1.33. The Hall–Kier alpha value is -2.63. The normalized spacial score (nSPS) is 16.9. The first-order valence-electron chi connectivity index (χ1n) is 9.34. The first kappa shape index (κ1) is 18.7. The van der Waals surface area contributed by atoms with Gasteiger partial charge in [-0.25, -0.2) is 4.98 Å². The van der Waals surface area contributed by atoms with E-state index in [-0.39, 0.29) is 12.0 Å². The number of aromatic nitrogens is 1. The monoisotopic (exact) mass is 396 g/mol. The SMILES string of the molecule is O=C(CCc1ncc(-c2ccc(Cl)cc2)o1)N1CCOC(c2ccccc2)C1. The zero-order valence-electron chi connectivity index (χ0n) is 15.4. The summed E-state index contributed by atoms with van der Waals surface area (Å²) in [7, 11) is 0. The molecule has 1 saturated heterocycles. The molecule has 1 aliphatic heterocycles. The van der Waals surface area contributed by atoms with Gasteiger partial charge in [-0.1, -0.05) is 41.9 Å². The van der Waals surface area contributed by atoms with Gasteiger partial charge < -0.3 is 14.1 Å². The molecule has 0 spiro atoms. The van der Waals surface area contributed by atoms with E-state index in [0.717, 1.165) is 11.1 Å². The lowest BCUT2D eigenvalue weighted by atomic mass is 10.1. The Labute approximate surface area is 168 Å². The number of aryl methyl sites for hydroxylation is 1. The molecule has 2 heterocycles. The number of carbonyl (C=O) groups is 1. The van der Waals surface area contributed by atoms with E-state index >= 15 is 0 Å². The maximum Gasteiger partial charge on any atom is 0.223 e. The largest absolute Gasteiger partial charge is 0.441 e. The van der Waals surface area contributed by atoms with Crippen LogP contribution in [0.1, 0.15) is 24.0 Å². The highest BCUT2D eigenvalue weighted by Gasteiger charge is 2.25. The van der Waals surface area contributed by atoms with Crippen molar-refractivity contribution in [3.05, 3.63) is 77.3 Å². The van der Waals surface area contributed by atoms with Gasteiger partial charge in [0.2, 0.25) is 5.91 Å². The van der Waals surface area contributed by atoms with Crippen molar-refractivity contribution in [1.82, 2.24) is 9.88 Å². The summed E-state index contributed by atoms with van der Waals surface area (Å²) in [4.78, 5) is 18.8. The van der Waals surface area contributed by atoms with E-state index < -0.39 is 0 Å². The second-order valence-corrected chi connectivity index (χ2v) is 7.17. The third kappa shape index (κ3) is 4.43. The fourth-order valence-electron chi connectivity index (χ4n) is 3.29. The molecule has 0 bridgehead atoms. The van der Waals surface area contributed by atoms with Crippen molar-refractivity contribution in [2.24, 2.45) is 0 Å². The predicted molar refractivity (Wildman–Crippen MR) is 107 cm³/mol. The van der Waals surface area contributed by atoms with Crippen molar-refractivity contribution >= 4 is 17.5 Å². The first-order chi connectivity index (χ1) is 13.7. The lowest BCUT2D eigenvalue weighted by Crippen LogP contribution is -2.42. The predicted octanol–water partition coefficient (Wildman–Crippen LogP) is 4.53. The molecule has 1 unspecified atom stereocenters. The lowest BCUT2D eigenvalue weighted by Gasteiger charge is -2.33. The van der Waals surface area contributed by atoms with Gasteiger partial charge in [-0.05, 0) is 29.8 Å². The highest BCUT2D eigenvalue weighted by molar-refractivity contribution is 6.30. The summed E-state index contributed by atoms with van der Waals surface area (Å²) in [6, 6.07) is 17.4. The van der Waals surface area contributed by atoms with Crippen LogP contribution in [0.3, 0.4) is 0 Å². The van der Waals surface area contributed by atoms with E-state index in [0.29, 0.717) is 49.2 Å². The molecule has 0 saturated carbocycles. The number of morpholine rings is 1. The molecule has 1 atom stereocenters. The third-order valence-electron chi connectivity index (χ3n) is 4.83. The lowest BCUT2D eigenvalue weighted by molar-refractivity contribution is -0.139.